The summed E-state index contributed by atoms with van der Waals surface area (Å²) in [5.74, 6) is -0.194. The molecule has 0 rings (SSSR count). The molecule has 9 heavy (non-hydrogen) atoms. The summed E-state index contributed by atoms with van der Waals surface area (Å²) in [7, 11) is 1.53. The van der Waals surface area contributed by atoms with Gasteiger partial charge in [-0.05, 0) is 6.42 Å². The lowest BCUT2D eigenvalue weighted by Gasteiger charge is -2.08. The maximum atomic E-state index is 10.6. The number of carbonyl (C=O) groups excluding carboxylic acids is 1. The Morgan fingerprint density at radius 1 is 1.78 bits per heavy atom. The normalized spacial score (nSPS) is 12.8. The van der Waals surface area contributed by atoms with Crippen LogP contribution < -0.4 is 10.8 Å². The minimum absolute atomic E-state index is 0.194. The van der Waals surface area contributed by atoms with Gasteiger partial charge in [-0.3, -0.25) is 4.79 Å². The van der Waals surface area contributed by atoms with Gasteiger partial charge >= 0.3 is 0 Å². The van der Waals surface area contributed by atoms with Crippen LogP contribution in [0.5, 0.6) is 0 Å². The van der Waals surface area contributed by atoms with E-state index in [1.165, 1.54) is 7.05 Å². The lowest BCUT2D eigenvalue weighted by atomic mass is 10.2. The van der Waals surface area contributed by atoms with E-state index in [1.54, 1.807) is 0 Å². The van der Waals surface area contributed by atoms with Crippen molar-refractivity contribution in [3.8, 4) is 0 Å². The Bertz CT molecular complexity index is 91.0. The van der Waals surface area contributed by atoms with E-state index in [0.29, 0.717) is 6.42 Å². The van der Waals surface area contributed by atoms with E-state index in [4.69, 9.17) is 5.21 Å². The number of likely N-dealkylation sites (N-methyl/N-ethyl adjacent to an activating group) is 1. The average Bonchev–Trinajstić information content (AvgIpc) is 1.90. The summed E-state index contributed by atoms with van der Waals surface area (Å²) < 4.78 is 0. The van der Waals surface area contributed by atoms with Crippen molar-refractivity contribution in [1.82, 2.24) is 10.8 Å². The Balaban J connectivity index is 3.64. The molecule has 1 amide bonds. The molecule has 3 N–H and O–H groups in total. The van der Waals surface area contributed by atoms with E-state index in [-0.39, 0.29) is 5.91 Å². The molecule has 1 unspecified atom stereocenters. The number of nitrogens with one attached hydrogen (secondary N) is 2. The largest absolute Gasteiger partial charge is 0.358 e. The van der Waals surface area contributed by atoms with Crippen LogP contribution in [0.25, 0.3) is 0 Å². The minimum Gasteiger partial charge on any atom is -0.358 e. The molecule has 4 nitrogen and oxygen atoms in total. The molecule has 54 valence electrons. The Labute approximate surface area is 54.2 Å². The first-order valence-corrected chi connectivity index (χ1v) is 2.87. The third-order valence-electron chi connectivity index (χ3n) is 1.13. The number of hydrogen-bond acceptors (Lipinski definition) is 3. The number of carbonyl (C=O) groups is 1. The molecule has 0 aliphatic heterocycles. The molecular formula is C5H12N2O2. The van der Waals surface area contributed by atoms with Gasteiger partial charge < -0.3 is 10.5 Å². The molecule has 0 heterocycles. The Morgan fingerprint density at radius 3 is 2.44 bits per heavy atom. The standard InChI is InChI=1S/C5H12N2O2/c1-3-4(7-9)5(8)6-2/h4,7,9H,3H2,1-2H3,(H,6,8). The van der Waals surface area contributed by atoms with Crippen LogP contribution in [0.1, 0.15) is 13.3 Å². The molecule has 0 aromatic heterocycles. The Morgan fingerprint density at radius 2 is 2.33 bits per heavy atom. The smallest absolute Gasteiger partial charge is 0.239 e. The van der Waals surface area contributed by atoms with Crippen LogP contribution in [0.3, 0.4) is 0 Å². The zero-order chi connectivity index (χ0) is 7.28. The zero-order valence-corrected chi connectivity index (χ0v) is 5.64. The first kappa shape index (κ1) is 8.39. The van der Waals surface area contributed by atoms with Crippen LogP contribution in [0.15, 0.2) is 0 Å². The topological polar surface area (TPSA) is 61.4 Å². The molecule has 0 spiro atoms. The fourth-order valence-electron chi connectivity index (χ4n) is 0.510. The second-order valence-electron chi connectivity index (χ2n) is 1.70. The molecule has 0 fully saturated rings. The Kier molecular flexibility index (Phi) is 4.00. The van der Waals surface area contributed by atoms with Gasteiger partial charge in [-0.25, -0.2) is 0 Å². The van der Waals surface area contributed by atoms with Crippen molar-refractivity contribution in [2.75, 3.05) is 7.05 Å². The van der Waals surface area contributed by atoms with Crippen molar-refractivity contribution in [1.29, 1.82) is 0 Å². The van der Waals surface area contributed by atoms with Crippen LogP contribution in [-0.4, -0.2) is 24.2 Å². The van der Waals surface area contributed by atoms with E-state index in [9.17, 15) is 4.79 Å². The molecular weight excluding hydrogens is 120 g/mol. The van der Waals surface area contributed by atoms with Gasteiger partial charge in [0.05, 0.1) is 0 Å². The van der Waals surface area contributed by atoms with Crippen LogP contribution in [-0.2, 0) is 4.79 Å². The average molecular weight is 132 g/mol. The maximum absolute atomic E-state index is 10.6. The first-order chi connectivity index (χ1) is 4.26. The number of amides is 1. The summed E-state index contributed by atoms with van der Waals surface area (Å²) >= 11 is 0. The maximum Gasteiger partial charge on any atom is 0.239 e. The van der Waals surface area contributed by atoms with Crippen LogP contribution in [0, 0.1) is 0 Å². The van der Waals surface area contributed by atoms with Crippen molar-refractivity contribution >= 4 is 5.91 Å². The lowest BCUT2D eigenvalue weighted by molar-refractivity contribution is -0.125. The summed E-state index contributed by atoms with van der Waals surface area (Å²) in [6.45, 7) is 1.81. The summed E-state index contributed by atoms with van der Waals surface area (Å²) in [6, 6.07) is -0.477. The second-order valence-corrected chi connectivity index (χ2v) is 1.70. The van der Waals surface area contributed by atoms with Crippen molar-refractivity contribution in [2.24, 2.45) is 0 Å². The zero-order valence-electron chi connectivity index (χ0n) is 5.64. The molecule has 0 aliphatic rings. The van der Waals surface area contributed by atoms with Crippen LogP contribution in [0.2, 0.25) is 0 Å². The highest BCUT2D eigenvalue weighted by atomic mass is 16.5. The predicted octanol–water partition coefficient (Wildman–Crippen LogP) is -0.510. The molecule has 0 bridgehead atoms. The third kappa shape index (κ3) is 2.43. The molecule has 0 saturated heterocycles. The molecule has 0 aromatic carbocycles. The number of hydroxylamine groups is 1. The van der Waals surface area contributed by atoms with Gasteiger partial charge in [-0.2, -0.15) is 5.48 Å². The SMILES string of the molecule is CCC(NO)C(=O)NC. The molecule has 1 atom stereocenters. The number of rotatable bonds is 3. The van der Waals surface area contributed by atoms with E-state index in [0.717, 1.165) is 0 Å². The molecule has 0 aliphatic carbocycles. The van der Waals surface area contributed by atoms with Gasteiger partial charge in [0.2, 0.25) is 5.91 Å². The van der Waals surface area contributed by atoms with Gasteiger partial charge in [0.1, 0.15) is 6.04 Å². The van der Waals surface area contributed by atoms with Crippen LogP contribution in [0.4, 0.5) is 0 Å². The van der Waals surface area contributed by atoms with Crippen molar-refractivity contribution in [2.45, 2.75) is 19.4 Å². The van der Waals surface area contributed by atoms with Gasteiger partial charge in [-0.1, -0.05) is 6.92 Å². The summed E-state index contributed by atoms with van der Waals surface area (Å²) in [5.41, 5.74) is 1.89. The minimum atomic E-state index is -0.477. The Hall–Kier alpha value is -0.610. The van der Waals surface area contributed by atoms with Gasteiger partial charge in [0.15, 0.2) is 0 Å². The predicted molar refractivity (Wildman–Crippen MR) is 33.1 cm³/mol. The lowest BCUT2D eigenvalue weighted by Crippen LogP contribution is -2.40. The van der Waals surface area contributed by atoms with E-state index in [1.807, 2.05) is 12.4 Å². The van der Waals surface area contributed by atoms with Gasteiger partial charge in [0, 0.05) is 7.05 Å². The second kappa shape index (κ2) is 4.29. The molecule has 0 aromatic rings. The van der Waals surface area contributed by atoms with E-state index >= 15 is 0 Å². The van der Waals surface area contributed by atoms with E-state index in [2.05, 4.69) is 5.32 Å². The highest BCUT2D eigenvalue weighted by Gasteiger charge is 2.11. The van der Waals surface area contributed by atoms with Gasteiger partial charge in [0.25, 0.3) is 0 Å². The van der Waals surface area contributed by atoms with Crippen molar-refractivity contribution in [3.63, 3.8) is 0 Å². The van der Waals surface area contributed by atoms with Crippen LogP contribution >= 0.6 is 0 Å². The monoisotopic (exact) mass is 132 g/mol. The number of hydrogen-bond donors (Lipinski definition) is 3. The van der Waals surface area contributed by atoms with Crippen molar-refractivity contribution in [3.05, 3.63) is 0 Å². The van der Waals surface area contributed by atoms with Gasteiger partial charge in [-0.15, -0.1) is 0 Å². The molecule has 0 saturated carbocycles. The quantitative estimate of drug-likeness (QED) is 0.453. The first-order valence-electron chi connectivity index (χ1n) is 2.87. The molecule has 4 heteroatoms. The third-order valence-corrected chi connectivity index (χ3v) is 1.13. The summed E-state index contributed by atoms with van der Waals surface area (Å²) in [4.78, 5) is 10.6. The highest BCUT2D eigenvalue weighted by Crippen LogP contribution is 1.86. The summed E-state index contributed by atoms with van der Waals surface area (Å²) in [5, 5.41) is 10.7. The highest BCUT2D eigenvalue weighted by molar-refractivity contribution is 5.81. The molecule has 0 radical (unpaired) electrons. The van der Waals surface area contributed by atoms with Crippen molar-refractivity contribution < 1.29 is 10.0 Å². The fraction of sp³-hybridized carbons (Fsp3) is 0.800. The summed E-state index contributed by atoms with van der Waals surface area (Å²) in [6.07, 6.45) is 0.580. The fourth-order valence-corrected chi connectivity index (χ4v) is 0.510. The van der Waals surface area contributed by atoms with E-state index < -0.39 is 6.04 Å².